The van der Waals surface area contributed by atoms with Gasteiger partial charge in [-0.25, -0.2) is 9.98 Å². The number of anilines is 1. The lowest BCUT2D eigenvalue weighted by Crippen LogP contribution is -2.21. The number of amides is 1. The van der Waals surface area contributed by atoms with Gasteiger partial charge in [-0.15, -0.1) is 11.3 Å². The first kappa shape index (κ1) is 24.7. The van der Waals surface area contributed by atoms with Crippen LogP contribution >= 0.6 is 22.9 Å². The Labute approximate surface area is 223 Å². The lowest BCUT2D eigenvalue weighted by Gasteiger charge is -2.08. The number of fused-ring (bicyclic) bond motifs is 1. The third-order valence-electron chi connectivity index (χ3n) is 5.82. The molecule has 3 aromatic carbocycles. The van der Waals surface area contributed by atoms with Gasteiger partial charge in [-0.05, 0) is 49.7 Å². The van der Waals surface area contributed by atoms with Crippen molar-refractivity contribution in [2.45, 2.75) is 20.3 Å². The van der Waals surface area contributed by atoms with Crippen molar-refractivity contribution in [3.05, 3.63) is 99.4 Å². The lowest BCUT2D eigenvalue weighted by atomic mass is 10.1. The Morgan fingerprint density at radius 3 is 2.57 bits per heavy atom. The number of nitrogens with zero attached hydrogens (tertiary/aromatic N) is 2. The van der Waals surface area contributed by atoms with Crippen LogP contribution in [0.2, 0.25) is 5.02 Å². The molecule has 0 fully saturated rings. The number of benzene rings is 3. The number of halogens is 1. The van der Waals surface area contributed by atoms with E-state index in [4.69, 9.17) is 25.7 Å². The number of aryl methyl sites for hydroxylation is 2. The maximum atomic E-state index is 13.6. The summed E-state index contributed by atoms with van der Waals surface area (Å²) in [7, 11) is 1.58. The highest BCUT2D eigenvalue weighted by molar-refractivity contribution is 7.16. The minimum absolute atomic E-state index is 0.184. The van der Waals surface area contributed by atoms with Gasteiger partial charge in [0, 0.05) is 20.8 Å². The molecule has 1 amide bonds. The van der Waals surface area contributed by atoms with Crippen molar-refractivity contribution in [1.29, 1.82) is 0 Å². The van der Waals surface area contributed by atoms with Crippen LogP contribution in [-0.4, -0.2) is 18.0 Å². The number of hydrogen-bond acceptors (Lipinski definition) is 6. The lowest BCUT2D eigenvalue weighted by molar-refractivity contribution is 0.102. The summed E-state index contributed by atoms with van der Waals surface area (Å²) < 4.78 is 11.6. The van der Waals surface area contributed by atoms with Gasteiger partial charge in [-0.3, -0.25) is 10.1 Å². The maximum absolute atomic E-state index is 13.6. The Kier molecular flexibility index (Phi) is 7.08. The van der Waals surface area contributed by atoms with E-state index in [-0.39, 0.29) is 11.5 Å². The molecule has 186 valence electrons. The van der Waals surface area contributed by atoms with E-state index in [0.717, 1.165) is 33.5 Å². The van der Waals surface area contributed by atoms with E-state index in [1.807, 2.05) is 67.6 Å². The van der Waals surface area contributed by atoms with Crippen molar-refractivity contribution in [1.82, 2.24) is 4.98 Å². The Balaban J connectivity index is 1.58. The molecule has 0 radical (unpaired) electrons. The first-order valence-corrected chi connectivity index (χ1v) is 12.9. The molecule has 2 aromatic heterocycles. The predicted octanol–water partition coefficient (Wildman–Crippen LogP) is 7.57. The summed E-state index contributed by atoms with van der Waals surface area (Å²) in [5.74, 6) is 0.198. The second-order valence-corrected chi connectivity index (χ2v) is 9.92. The van der Waals surface area contributed by atoms with Crippen LogP contribution in [0, 0.1) is 6.92 Å². The molecule has 0 atom stereocenters. The maximum Gasteiger partial charge on any atom is 0.262 e. The van der Waals surface area contributed by atoms with E-state index in [0.29, 0.717) is 32.7 Å². The number of carbonyl (C=O) groups excluding carboxylic acids is 1. The molecular formula is C29H24ClN3O3S. The fourth-order valence-corrected chi connectivity index (χ4v) is 4.95. The van der Waals surface area contributed by atoms with Gasteiger partial charge in [0.15, 0.2) is 16.5 Å². The van der Waals surface area contributed by atoms with E-state index >= 15 is 0 Å². The molecule has 0 saturated carbocycles. The number of para-hydroxylation sites is 1. The molecule has 2 heterocycles. The molecule has 0 aliphatic heterocycles. The average molecular weight is 530 g/mol. The number of methoxy groups -OCH3 is 1. The van der Waals surface area contributed by atoms with Crippen molar-refractivity contribution < 1.29 is 13.9 Å². The van der Waals surface area contributed by atoms with Crippen LogP contribution in [0.5, 0.6) is 5.75 Å². The zero-order valence-corrected chi connectivity index (χ0v) is 22.1. The largest absolute Gasteiger partial charge is 0.493 e. The van der Waals surface area contributed by atoms with Gasteiger partial charge in [0.1, 0.15) is 5.56 Å². The summed E-state index contributed by atoms with van der Waals surface area (Å²) in [6.07, 6.45) is 0.782. The van der Waals surface area contributed by atoms with E-state index in [2.05, 4.69) is 17.2 Å². The fraction of sp³-hybridized carbons (Fsp3) is 0.138. The number of hydrogen-bond donors (Lipinski definition) is 1. The van der Waals surface area contributed by atoms with Gasteiger partial charge in [-0.2, -0.15) is 0 Å². The molecule has 8 heteroatoms. The number of aromatic nitrogens is 1. The van der Waals surface area contributed by atoms with Crippen LogP contribution < -0.4 is 15.6 Å². The number of nitrogens with one attached hydrogen (secondary N) is 1. The topological polar surface area (TPSA) is 76.7 Å². The highest BCUT2D eigenvalue weighted by atomic mass is 35.5. The molecule has 0 aliphatic carbocycles. The molecule has 0 unspecified atom stereocenters. The molecule has 37 heavy (non-hydrogen) atoms. The molecular weight excluding hydrogens is 506 g/mol. The summed E-state index contributed by atoms with van der Waals surface area (Å²) >= 11 is 7.50. The first-order valence-electron chi connectivity index (χ1n) is 11.7. The Bertz CT molecular complexity index is 1660. The predicted molar refractivity (Wildman–Crippen MR) is 149 cm³/mol. The second kappa shape index (κ2) is 10.6. The van der Waals surface area contributed by atoms with Crippen molar-refractivity contribution in [2.75, 3.05) is 12.4 Å². The highest BCUT2D eigenvalue weighted by Crippen LogP contribution is 2.32. The van der Waals surface area contributed by atoms with Gasteiger partial charge >= 0.3 is 0 Å². The third kappa shape index (κ3) is 5.28. The minimum Gasteiger partial charge on any atom is -0.493 e. The fourth-order valence-electron chi connectivity index (χ4n) is 3.91. The smallest absolute Gasteiger partial charge is 0.262 e. The van der Waals surface area contributed by atoms with Crippen molar-refractivity contribution >= 4 is 50.6 Å². The van der Waals surface area contributed by atoms with Crippen molar-refractivity contribution in [2.24, 2.45) is 4.99 Å². The van der Waals surface area contributed by atoms with Crippen molar-refractivity contribution in [3.63, 3.8) is 0 Å². The van der Waals surface area contributed by atoms with Crippen LogP contribution in [-0.2, 0) is 6.42 Å². The molecule has 0 saturated heterocycles. The van der Waals surface area contributed by atoms with Gasteiger partial charge in [0.05, 0.1) is 18.5 Å². The zero-order valence-electron chi connectivity index (χ0n) is 20.5. The quantitative estimate of drug-likeness (QED) is 0.246. The second-order valence-electron chi connectivity index (χ2n) is 8.40. The highest BCUT2D eigenvalue weighted by Gasteiger charge is 2.18. The standard InChI is InChI=1S/C29H24ClN3O3S/c1-4-24-25(18-10-12-20(30)13-11-18)32-29(37-24)33-27(34)22-16-19-6-5-7-23(35-3)26(19)36-28(22)31-21-14-8-17(2)9-15-21/h5-16H,4H2,1-3H3,(H,32,33,34). The van der Waals surface area contributed by atoms with Crippen LogP contribution in [0.1, 0.15) is 27.7 Å². The van der Waals surface area contributed by atoms with E-state index < -0.39 is 0 Å². The molecule has 0 aliphatic rings. The van der Waals surface area contributed by atoms with Gasteiger partial charge in [-0.1, -0.05) is 60.5 Å². The zero-order chi connectivity index (χ0) is 25.9. The van der Waals surface area contributed by atoms with Crippen LogP contribution in [0.15, 0.2) is 82.2 Å². The molecule has 5 rings (SSSR count). The van der Waals surface area contributed by atoms with Crippen LogP contribution in [0.3, 0.4) is 0 Å². The Morgan fingerprint density at radius 2 is 1.86 bits per heavy atom. The summed E-state index contributed by atoms with van der Waals surface area (Å²) in [6, 6.07) is 22.5. The van der Waals surface area contributed by atoms with Gasteiger partial charge in [0.2, 0.25) is 5.55 Å². The third-order valence-corrected chi connectivity index (χ3v) is 7.19. The van der Waals surface area contributed by atoms with E-state index in [9.17, 15) is 4.79 Å². The van der Waals surface area contributed by atoms with Gasteiger partial charge in [0.25, 0.3) is 5.91 Å². The average Bonchev–Trinajstić information content (AvgIpc) is 3.32. The number of thiazole rings is 1. The SMILES string of the molecule is CCc1sc(NC(=O)c2cc3cccc(OC)c3oc2=Nc2ccc(C)cc2)nc1-c1ccc(Cl)cc1. The van der Waals surface area contributed by atoms with Crippen LogP contribution in [0.4, 0.5) is 10.8 Å². The normalized spacial score (nSPS) is 11.6. The number of rotatable bonds is 6. The number of carbonyl (C=O) groups is 1. The van der Waals surface area contributed by atoms with E-state index in [1.165, 1.54) is 11.3 Å². The van der Waals surface area contributed by atoms with E-state index in [1.54, 1.807) is 19.2 Å². The molecule has 5 aromatic rings. The monoisotopic (exact) mass is 529 g/mol. The molecule has 6 nitrogen and oxygen atoms in total. The van der Waals surface area contributed by atoms with Gasteiger partial charge < -0.3 is 9.15 Å². The molecule has 0 bridgehead atoms. The number of ether oxygens (including phenoxy) is 1. The minimum atomic E-state index is -0.363. The summed E-state index contributed by atoms with van der Waals surface area (Å²) in [4.78, 5) is 24.0. The molecule has 0 spiro atoms. The van der Waals surface area contributed by atoms with Crippen molar-refractivity contribution in [3.8, 4) is 17.0 Å². The summed E-state index contributed by atoms with van der Waals surface area (Å²) in [6.45, 7) is 4.07. The summed E-state index contributed by atoms with van der Waals surface area (Å²) in [5, 5.41) is 4.84. The summed E-state index contributed by atoms with van der Waals surface area (Å²) in [5.41, 5.74) is 4.55. The Morgan fingerprint density at radius 1 is 1.11 bits per heavy atom. The Hall–Kier alpha value is -3.94. The first-order chi connectivity index (χ1) is 17.9. The van der Waals surface area contributed by atoms with Crippen LogP contribution in [0.25, 0.3) is 22.2 Å². The molecule has 1 N–H and O–H groups in total.